The molecule has 0 radical (unpaired) electrons. The van der Waals surface area contributed by atoms with Gasteiger partial charge in [-0.3, -0.25) is 4.79 Å². The van der Waals surface area contributed by atoms with Crippen LogP contribution in [0.15, 0.2) is 15.9 Å². The van der Waals surface area contributed by atoms with E-state index in [9.17, 15) is 14.7 Å². The highest BCUT2D eigenvalue weighted by Gasteiger charge is 2.48. The number of carbonyl (C=O) groups is 2. The second-order valence-corrected chi connectivity index (χ2v) is 7.95. The number of aryl methyl sites for hydroxylation is 1. The summed E-state index contributed by atoms with van der Waals surface area (Å²) >= 11 is 5.10. The fraction of sp³-hybridized carbons (Fsp3) is 0.600. The van der Waals surface area contributed by atoms with E-state index in [-0.39, 0.29) is 5.91 Å². The molecule has 2 heterocycles. The van der Waals surface area contributed by atoms with E-state index < -0.39 is 11.5 Å². The van der Waals surface area contributed by atoms with E-state index in [1.807, 2.05) is 13.0 Å². The van der Waals surface area contributed by atoms with E-state index in [2.05, 4.69) is 22.0 Å². The Kier molecular flexibility index (Phi) is 5.43. The van der Waals surface area contributed by atoms with Crippen molar-refractivity contribution >= 4 is 39.1 Å². The Balaban J connectivity index is 1.91. The van der Waals surface area contributed by atoms with Gasteiger partial charge in [-0.05, 0) is 60.2 Å². The zero-order valence-corrected chi connectivity index (χ0v) is 14.5. The summed E-state index contributed by atoms with van der Waals surface area (Å²) in [5.41, 5.74) is -0.969. The van der Waals surface area contributed by atoms with Gasteiger partial charge in [0.25, 0.3) is 0 Å². The van der Waals surface area contributed by atoms with Crippen molar-refractivity contribution in [3.63, 3.8) is 0 Å². The number of carboxylic acids is 1. The number of carbonyl (C=O) groups excluding carboxylic acids is 1. The molecule has 1 aliphatic heterocycles. The lowest BCUT2D eigenvalue weighted by molar-refractivity contribution is -0.156. The molecule has 0 aliphatic carbocycles. The second-order valence-electron chi connectivity index (χ2n) is 5.40. The van der Waals surface area contributed by atoms with E-state index >= 15 is 0 Å². The van der Waals surface area contributed by atoms with Crippen LogP contribution in [0.2, 0.25) is 0 Å². The third kappa shape index (κ3) is 3.48. The molecule has 1 saturated heterocycles. The number of thiophene rings is 1. The number of hydrogen-bond donors (Lipinski definition) is 1. The third-order valence-electron chi connectivity index (χ3n) is 4.22. The first-order valence-electron chi connectivity index (χ1n) is 7.27. The monoisotopic (exact) mass is 373 g/mol. The van der Waals surface area contributed by atoms with Gasteiger partial charge in [-0.15, -0.1) is 11.3 Å². The highest BCUT2D eigenvalue weighted by atomic mass is 79.9. The quantitative estimate of drug-likeness (QED) is 0.826. The number of aliphatic carboxylic acids is 1. The predicted molar refractivity (Wildman–Crippen MR) is 86.6 cm³/mol. The van der Waals surface area contributed by atoms with Gasteiger partial charge >= 0.3 is 5.97 Å². The van der Waals surface area contributed by atoms with Crippen LogP contribution < -0.4 is 0 Å². The minimum Gasteiger partial charge on any atom is -0.479 e. The number of halogens is 1. The Morgan fingerprint density at radius 1 is 1.48 bits per heavy atom. The lowest BCUT2D eigenvalue weighted by atomic mass is 9.92. The molecule has 0 saturated carbocycles. The topological polar surface area (TPSA) is 57.6 Å². The van der Waals surface area contributed by atoms with Gasteiger partial charge < -0.3 is 10.0 Å². The molecular weight excluding hydrogens is 354 g/mol. The molecule has 21 heavy (non-hydrogen) atoms. The maximum absolute atomic E-state index is 12.4. The second kappa shape index (κ2) is 6.92. The molecule has 6 heteroatoms. The normalized spacial score (nSPS) is 21.7. The van der Waals surface area contributed by atoms with Gasteiger partial charge in [0.1, 0.15) is 5.54 Å². The average molecular weight is 374 g/mol. The Hall–Kier alpha value is -0.880. The Morgan fingerprint density at radius 3 is 2.81 bits per heavy atom. The van der Waals surface area contributed by atoms with Crippen LogP contribution in [0.5, 0.6) is 0 Å². The molecule has 2 rings (SSSR count). The van der Waals surface area contributed by atoms with Crippen LogP contribution in [-0.4, -0.2) is 34.0 Å². The van der Waals surface area contributed by atoms with Crippen molar-refractivity contribution in [2.75, 3.05) is 6.54 Å². The molecule has 4 nitrogen and oxygen atoms in total. The van der Waals surface area contributed by atoms with Crippen LogP contribution in [0.25, 0.3) is 0 Å². The van der Waals surface area contributed by atoms with Crippen LogP contribution in [0.4, 0.5) is 0 Å². The summed E-state index contributed by atoms with van der Waals surface area (Å²) in [6, 6.07) is 4.07. The maximum atomic E-state index is 12.4. The van der Waals surface area contributed by atoms with Gasteiger partial charge in [0.2, 0.25) is 5.91 Å². The van der Waals surface area contributed by atoms with Gasteiger partial charge in [0.15, 0.2) is 0 Å². The van der Waals surface area contributed by atoms with Crippen molar-refractivity contribution in [1.29, 1.82) is 0 Å². The molecule has 0 spiro atoms. The molecule has 1 aromatic rings. The molecule has 1 aromatic heterocycles. The lowest BCUT2D eigenvalue weighted by Gasteiger charge is -2.34. The molecule has 0 bridgehead atoms. The van der Waals surface area contributed by atoms with Gasteiger partial charge in [-0.2, -0.15) is 0 Å². The molecule has 1 N–H and O–H groups in total. The molecule has 1 unspecified atom stereocenters. The predicted octanol–water partition coefficient (Wildman–Crippen LogP) is 3.69. The lowest BCUT2D eigenvalue weighted by Crippen LogP contribution is -2.52. The van der Waals surface area contributed by atoms with E-state index in [0.29, 0.717) is 25.8 Å². The summed E-state index contributed by atoms with van der Waals surface area (Å²) in [4.78, 5) is 26.8. The van der Waals surface area contributed by atoms with E-state index in [1.165, 1.54) is 4.88 Å². The van der Waals surface area contributed by atoms with Gasteiger partial charge in [-0.1, -0.05) is 6.92 Å². The zero-order valence-electron chi connectivity index (χ0n) is 12.1. The van der Waals surface area contributed by atoms with Crippen molar-refractivity contribution in [2.45, 2.75) is 51.0 Å². The van der Waals surface area contributed by atoms with E-state index in [1.54, 1.807) is 16.2 Å². The Bertz CT molecular complexity index is 531. The first kappa shape index (κ1) is 16.5. The number of amides is 1. The highest BCUT2D eigenvalue weighted by molar-refractivity contribution is 9.11. The first-order chi connectivity index (χ1) is 9.99. The van der Waals surface area contributed by atoms with Crippen molar-refractivity contribution in [3.05, 3.63) is 20.8 Å². The molecule has 1 atom stereocenters. The Labute approximate surface area is 137 Å². The molecule has 0 aromatic carbocycles. The third-order valence-corrected chi connectivity index (χ3v) is 5.90. The molecule has 116 valence electrons. The maximum Gasteiger partial charge on any atom is 0.329 e. The largest absolute Gasteiger partial charge is 0.479 e. The number of hydrogen-bond acceptors (Lipinski definition) is 3. The molecule has 1 fully saturated rings. The summed E-state index contributed by atoms with van der Waals surface area (Å²) in [5, 5.41) is 9.49. The minimum atomic E-state index is -0.969. The number of rotatable bonds is 6. The highest BCUT2D eigenvalue weighted by Crippen LogP contribution is 2.33. The smallest absolute Gasteiger partial charge is 0.329 e. The summed E-state index contributed by atoms with van der Waals surface area (Å²) < 4.78 is 1.10. The summed E-state index contributed by atoms with van der Waals surface area (Å²) in [6.07, 6.45) is 3.88. The summed E-state index contributed by atoms with van der Waals surface area (Å²) in [6.45, 7) is 2.42. The molecule has 1 aliphatic rings. The Morgan fingerprint density at radius 2 is 2.24 bits per heavy atom. The standard InChI is InChI=1S/C15H20BrNO3S/c1-2-15(14(19)20)9-4-10-17(15)13(18)6-3-5-11-7-8-12(16)21-11/h7-8H,2-6,9-10H2,1H3,(H,19,20). The van der Waals surface area contributed by atoms with Gasteiger partial charge in [-0.25, -0.2) is 4.79 Å². The minimum absolute atomic E-state index is 0.0210. The van der Waals surface area contributed by atoms with Crippen LogP contribution >= 0.6 is 27.3 Å². The van der Waals surface area contributed by atoms with Gasteiger partial charge in [0, 0.05) is 17.8 Å². The van der Waals surface area contributed by atoms with Crippen molar-refractivity contribution in [2.24, 2.45) is 0 Å². The molecule has 1 amide bonds. The van der Waals surface area contributed by atoms with Crippen molar-refractivity contribution < 1.29 is 14.7 Å². The van der Waals surface area contributed by atoms with Crippen molar-refractivity contribution in [3.8, 4) is 0 Å². The SMILES string of the molecule is CCC1(C(=O)O)CCCN1C(=O)CCCc1ccc(Br)s1. The number of carboxylic acid groups (broad SMARTS) is 1. The number of likely N-dealkylation sites (tertiary alicyclic amines) is 1. The summed E-state index contributed by atoms with van der Waals surface area (Å²) in [5.74, 6) is -0.884. The average Bonchev–Trinajstić information content (AvgIpc) is 3.05. The fourth-order valence-electron chi connectivity index (χ4n) is 3.02. The fourth-order valence-corrected chi connectivity index (χ4v) is 4.54. The number of nitrogens with zero attached hydrogens (tertiary/aromatic N) is 1. The zero-order chi connectivity index (χ0) is 15.5. The first-order valence-corrected chi connectivity index (χ1v) is 8.88. The van der Waals surface area contributed by atoms with Crippen molar-refractivity contribution in [1.82, 2.24) is 4.90 Å². The van der Waals surface area contributed by atoms with Crippen LogP contribution in [0, 0.1) is 0 Å². The van der Waals surface area contributed by atoms with Gasteiger partial charge in [0.05, 0.1) is 3.79 Å². The van der Waals surface area contributed by atoms with Crippen LogP contribution in [-0.2, 0) is 16.0 Å². The van der Waals surface area contributed by atoms with Crippen LogP contribution in [0.3, 0.4) is 0 Å². The summed E-state index contributed by atoms with van der Waals surface area (Å²) in [7, 11) is 0. The molecular formula is C15H20BrNO3S. The van der Waals surface area contributed by atoms with E-state index in [0.717, 1.165) is 23.0 Å². The van der Waals surface area contributed by atoms with E-state index in [4.69, 9.17) is 0 Å². The van der Waals surface area contributed by atoms with Crippen LogP contribution in [0.1, 0.15) is 43.9 Å².